The number of fused-ring (bicyclic) bond motifs is 1. The van der Waals surface area contributed by atoms with Crippen LogP contribution in [0.1, 0.15) is 19.8 Å². The van der Waals surface area contributed by atoms with Gasteiger partial charge in [0.15, 0.2) is 0 Å². The number of aliphatic hydroxyl groups excluding tert-OH is 1. The SMILES string of the molecule is CCCC(O)Cn1sc2ccccc2c1=O. The first kappa shape index (κ1) is 11.4. The van der Waals surface area contributed by atoms with E-state index in [1.807, 2.05) is 31.2 Å². The molecule has 1 N–H and O–H groups in total. The van der Waals surface area contributed by atoms with Gasteiger partial charge in [-0.3, -0.25) is 8.75 Å². The molecule has 0 bridgehead atoms. The van der Waals surface area contributed by atoms with Crippen molar-refractivity contribution in [1.82, 2.24) is 3.96 Å². The summed E-state index contributed by atoms with van der Waals surface area (Å²) in [6.45, 7) is 2.43. The molecule has 0 aliphatic rings. The minimum Gasteiger partial charge on any atom is -0.391 e. The van der Waals surface area contributed by atoms with E-state index in [1.54, 1.807) is 3.96 Å². The molecule has 1 atom stereocenters. The molecule has 1 heterocycles. The molecule has 0 amide bonds. The molecule has 2 aromatic rings. The average Bonchev–Trinajstić information content (AvgIpc) is 2.57. The van der Waals surface area contributed by atoms with Crippen molar-refractivity contribution in [1.29, 1.82) is 0 Å². The van der Waals surface area contributed by atoms with Crippen LogP contribution in [0.15, 0.2) is 29.1 Å². The van der Waals surface area contributed by atoms with Crippen molar-refractivity contribution in [2.24, 2.45) is 0 Å². The van der Waals surface area contributed by atoms with Crippen molar-refractivity contribution < 1.29 is 5.11 Å². The minimum absolute atomic E-state index is 0.00996. The molecule has 86 valence electrons. The van der Waals surface area contributed by atoms with Gasteiger partial charge in [0.2, 0.25) is 0 Å². The second-order valence-electron chi connectivity index (χ2n) is 3.90. The Bertz CT molecular complexity index is 529. The summed E-state index contributed by atoms with van der Waals surface area (Å²) in [7, 11) is 0. The van der Waals surface area contributed by atoms with Crippen LogP contribution in [-0.2, 0) is 6.54 Å². The molecule has 0 aliphatic carbocycles. The van der Waals surface area contributed by atoms with Crippen LogP contribution in [0.3, 0.4) is 0 Å². The van der Waals surface area contributed by atoms with Crippen molar-refractivity contribution in [2.45, 2.75) is 32.4 Å². The van der Waals surface area contributed by atoms with E-state index in [0.29, 0.717) is 6.54 Å². The number of hydrogen-bond donors (Lipinski definition) is 1. The van der Waals surface area contributed by atoms with Gasteiger partial charge in [0.1, 0.15) is 0 Å². The maximum absolute atomic E-state index is 11.9. The van der Waals surface area contributed by atoms with Crippen LogP contribution in [0.25, 0.3) is 10.1 Å². The standard InChI is InChI=1S/C12H15NO2S/c1-2-5-9(14)8-13-12(15)10-6-3-4-7-11(10)16-13/h3-4,6-7,9,14H,2,5,8H2,1H3. The zero-order valence-electron chi connectivity index (χ0n) is 9.22. The Morgan fingerprint density at radius 1 is 1.44 bits per heavy atom. The molecular formula is C12H15NO2S. The van der Waals surface area contributed by atoms with E-state index in [-0.39, 0.29) is 5.56 Å². The smallest absolute Gasteiger partial charge is 0.268 e. The molecule has 1 unspecified atom stereocenters. The minimum atomic E-state index is -0.421. The summed E-state index contributed by atoms with van der Waals surface area (Å²) in [6, 6.07) is 7.55. The van der Waals surface area contributed by atoms with E-state index >= 15 is 0 Å². The van der Waals surface area contributed by atoms with E-state index in [9.17, 15) is 9.90 Å². The Kier molecular flexibility index (Phi) is 3.41. The van der Waals surface area contributed by atoms with E-state index < -0.39 is 6.10 Å². The Balaban J connectivity index is 2.31. The average molecular weight is 237 g/mol. The van der Waals surface area contributed by atoms with Gasteiger partial charge in [-0.05, 0) is 18.6 Å². The largest absolute Gasteiger partial charge is 0.391 e. The van der Waals surface area contributed by atoms with Gasteiger partial charge >= 0.3 is 0 Å². The molecule has 1 aromatic carbocycles. The summed E-state index contributed by atoms with van der Waals surface area (Å²) in [5, 5.41) is 10.4. The van der Waals surface area contributed by atoms with Gasteiger partial charge in [-0.2, -0.15) is 0 Å². The molecule has 16 heavy (non-hydrogen) atoms. The zero-order chi connectivity index (χ0) is 11.5. The maximum atomic E-state index is 11.9. The summed E-state index contributed by atoms with van der Waals surface area (Å²) < 4.78 is 2.63. The Hall–Kier alpha value is -1.13. The van der Waals surface area contributed by atoms with Crippen LogP contribution in [0.5, 0.6) is 0 Å². The lowest BCUT2D eigenvalue weighted by Gasteiger charge is -2.07. The van der Waals surface area contributed by atoms with Gasteiger partial charge in [-0.25, -0.2) is 0 Å². The maximum Gasteiger partial charge on any atom is 0.268 e. The zero-order valence-corrected chi connectivity index (χ0v) is 10.0. The van der Waals surface area contributed by atoms with Gasteiger partial charge in [0.05, 0.1) is 22.7 Å². The summed E-state index contributed by atoms with van der Waals surface area (Å²) in [4.78, 5) is 11.9. The number of rotatable bonds is 4. The topological polar surface area (TPSA) is 42.2 Å². The molecule has 0 saturated carbocycles. The second-order valence-corrected chi connectivity index (χ2v) is 4.96. The molecule has 0 aliphatic heterocycles. The summed E-state index contributed by atoms with van der Waals surface area (Å²) >= 11 is 1.42. The Labute approximate surface area is 98.1 Å². The Morgan fingerprint density at radius 3 is 2.88 bits per heavy atom. The molecule has 4 heteroatoms. The molecular weight excluding hydrogens is 222 g/mol. The molecule has 0 fully saturated rings. The number of hydrogen-bond acceptors (Lipinski definition) is 3. The van der Waals surface area contributed by atoms with Crippen LogP contribution in [0.2, 0.25) is 0 Å². The van der Waals surface area contributed by atoms with Gasteiger partial charge < -0.3 is 5.11 Å². The molecule has 2 rings (SSSR count). The fourth-order valence-corrected chi connectivity index (χ4v) is 2.81. The normalized spacial score (nSPS) is 13.1. The lowest BCUT2D eigenvalue weighted by molar-refractivity contribution is 0.146. The van der Waals surface area contributed by atoms with Crippen molar-refractivity contribution in [3.63, 3.8) is 0 Å². The third kappa shape index (κ3) is 2.18. The number of aliphatic hydroxyl groups is 1. The fraction of sp³-hybridized carbons (Fsp3) is 0.417. The van der Waals surface area contributed by atoms with Gasteiger partial charge in [-0.1, -0.05) is 37.0 Å². The highest BCUT2D eigenvalue weighted by Gasteiger charge is 2.10. The predicted molar refractivity (Wildman–Crippen MR) is 67.0 cm³/mol. The second kappa shape index (κ2) is 4.80. The van der Waals surface area contributed by atoms with Gasteiger partial charge in [-0.15, -0.1) is 0 Å². The number of aromatic nitrogens is 1. The highest BCUT2D eigenvalue weighted by atomic mass is 32.1. The first-order chi connectivity index (χ1) is 7.72. The summed E-state index contributed by atoms with van der Waals surface area (Å²) in [5.41, 5.74) is 0.00996. The Morgan fingerprint density at radius 2 is 2.19 bits per heavy atom. The third-order valence-corrected chi connectivity index (χ3v) is 3.64. The van der Waals surface area contributed by atoms with E-state index in [4.69, 9.17) is 0 Å². The molecule has 0 spiro atoms. The summed E-state index contributed by atoms with van der Waals surface area (Å²) in [6.07, 6.45) is 1.25. The van der Waals surface area contributed by atoms with Crippen LogP contribution in [0.4, 0.5) is 0 Å². The highest BCUT2D eigenvalue weighted by Crippen LogP contribution is 2.16. The first-order valence-corrected chi connectivity index (χ1v) is 6.26. The first-order valence-electron chi connectivity index (χ1n) is 5.49. The highest BCUT2D eigenvalue weighted by molar-refractivity contribution is 7.13. The van der Waals surface area contributed by atoms with Crippen LogP contribution < -0.4 is 5.56 Å². The lowest BCUT2D eigenvalue weighted by Crippen LogP contribution is -2.21. The third-order valence-electron chi connectivity index (χ3n) is 2.55. The fourth-order valence-electron chi connectivity index (χ4n) is 1.75. The molecule has 0 saturated heterocycles. The van der Waals surface area contributed by atoms with E-state index in [2.05, 4.69) is 0 Å². The van der Waals surface area contributed by atoms with E-state index in [0.717, 1.165) is 22.9 Å². The summed E-state index contributed by atoms with van der Waals surface area (Å²) in [5.74, 6) is 0. The van der Waals surface area contributed by atoms with Gasteiger partial charge in [0, 0.05) is 0 Å². The monoisotopic (exact) mass is 237 g/mol. The van der Waals surface area contributed by atoms with Crippen molar-refractivity contribution in [2.75, 3.05) is 0 Å². The lowest BCUT2D eigenvalue weighted by atomic mass is 10.2. The van der Waals surface area contributed by atoms with Crippen LogP contribution in [0, 0.1) is 0 Å². The molecule has 1 aromatic heterocycles. The van der Waals surface area contributed by atoms with E-state index in [1.165, 1.54) is 11.5 Å². The number of nitrogens with zero attached hydrogens (tertiary/aromatic N) is 1. The quantitative estimate of drug-likeness (QED) is 0.886. The van der Waals surface area contributed by atoms with Crippen molar-refractivity contribution in [3.8, 4) is 0 Å². The van der Waals surface area contributed by atoms with Crippen LogP contribution in [-0.4, -0.2) is 15.2 Å². The van der Waals surface area contributed by atoms with Crippen molar-refractivity contribution >= 4 is 21.6 Å². The van der Waals surface area contributed by atoms with Crippen LogP contribution >= 0.6 is 11.5 Å². The van der Waals surface area contributed by atoms with Gasteiger partial charge in [0.25, 0.3) is 5.56 Å². The predicted octanol–water partition coefficient (Wildman–Crippen LogP) is 2.22. The van der Waals surface area contributed by atoms with Crippen molar-refractivity contribution in [3.05, 3.63) is 34.6 Å². The molecule has 0 radical (unpaired) electrons. The number of benzene rings is 1. The molecule has 3 nitrogen and oxygen atoms in total.